The second-order valence-electron chi connectivity index (χ2n) is 4.33. The van der Waals surface area contributed by atoms with Crippen LogP contribution in [0.15, 0.2) is 72.9 Å². The van der Waals surface area contributed by atoms with Crippen LogP contribution in [0, 0.1) is 5.92 Å². The number of benzene rings is 1. The first-order valence-electron chi connectivity index (χ1n) is 5.82. The molecule has 0 saturated heterocycles. The summed E-state index contributed by atoms with van der Waals surface area (Å²) in [6.45, 7) is 4.13. The summed E-state index contributed by atoms with van der Waals surface area (Å²) in [7, 11) is 0. The van der Waals surface area contributed by atoms with E-state index in [0.717, 1.165) is 16.9 Å². The molecule has 1 aromatic carbocycles. The molecule has 0 aromatic heterocycles. The molecule has 1 heteroatoms. The van der Waals surface area contributed by atoms with Gasteiger partial charge in [-0.1, -0.05) is 55.1 Å². The maximum absolute atomic E-state index is 6.01. The first-order valence-corrected chi connectivity index (χ1v) is 5.82. The Balaban J connectivity index is 1.96. The lowest BCUT2D eigenvalue weighted by Crippen LogP contribution is -2.26. The van der Waals surface area contributed by atoms with E-state index in [4.69, 9.17) is 4.74 Å². The van der Waals surface area contributed by atoms with E-state index in [1.807, 2.05) is 30.4 Å². The van der Waals surface area contributed by atoms with Gasteiger partial charge < -0.3 is 4.74 Å². The smallest absolute Gasteiger partial charge is 0.127 e. The molecule has 0 N–H and O–H groups in total. The number of fused-ring (bicyclic) bond motifs is 1. The summed E-state index contributed by atoms with van der Waals surface area (Å²) in [6.07, 6.45) is 10.4. The number of ether oxygens (including phenoxy) is 1. The number of hydrogen-bond donors (Lipinski definition) is 0. The minimum atomic E-state index is 0.0905. The molecular formula is C16H14O. The van der Waals surface area contributed by atoms with Crippen molar-refractivity contribution in [2.24, 2.45) is 5.92 Å². The summed E-state index contributed by atoms with van der Waals surface area (Å²) in [6, 6.07) is 10.2. The van der Waals surface area contributed by atoms with Gasteiger partial charge in [0.15, 0.2) is 0 Å². The summed E-state index contributed by atoms with van der Waals surface area (Å²) < 4.78 is 6.01. The van der Waals surface area contributed by atoms with Crippen molar-refractivity contribution in [2.45, 2.75) is 6.10 Å². The predicted octanol–water partition coefficient (Wildman–Crippen LogP) is 3.72. The van der Waals surface area contributed by atoms with Gasteiger partial charge in [0.1, 0.15) is 11.9 Å². The van der Waals surface area contributed by atoms with Crippen LogP contribution in [-0.4, -0.2) is 6.10 Å². The van der Waals surface area contributed by atoms with E-state index in [-0.39, 0.29) is 12.0 Å². The topological polar surface area (TPSA) is 9.23 Å². The molecule has 17 heavy (non-hydrogen) atoms. The zero-order valence-corrected chi connectivity index (χ0v) is 9.54. The van der Waals surface area contributed by atoms with E-state index >= 15 is 0 Å². The van der Waals surface area contributed by atoms with Crippen LogP contribution in [0.4, 0.5) is 0 Å². The maximum atomic E-state index is 6.01. The van der Waals surface area contributed by atoms with Gasteiger partial charge >= 0.3 is 0 Å². The Labute approximate surface area is 101 Å². The summed E-state index contributed by atoms with van der Waals surface area (Å²) in [4.78, 5) is 0. The Morgan fingerprint density at radius 1 is 1.00 bits per heavy atom. The van der Waals surface area contributed by atoms with Gasteiger partial charge in [0, 0.05) is 11.5 Å². The molecule has 1 heterocycles. The van der Waals surface area contributed by atoms with E-state index in [2.05, 4.69) is 36.9 Å². The SMILES string of the molecule is C=C1C=C(c2ccccc2)OC2C=CC=CC12. The summed E-state index contributed by atoms with van der Waals surface area (Å²) in [5.41, 5.74) is 2.22. The van der Waals surface area contributed by atoms with Crippen LogP contribution in [0.3, 0.4) is 0 Å². The Hall–Kier alpha value is -2.02. The summed E-state index contributed by atoms with van der Waals surface area (Å²) in [5, 5.41) is 0. The maximum Gasteiger partial charge on any atom is 0.127 e. The van der Waals surface area contributed by atoms with Gasteiger partial charge in [-0.05, 0) is 17.7 Å². The van der Waals surface area contributed by atoms with Crippen LogP contribution in [-0.2, 0) is 4.74 Å². The van der Waals surface area contributed by atoms with Crippen LogP contribution in [0.25, 0.3) is 5.76 Å². The van der Waals surface area contributed by atoms with E-state index in [1.54, 1.807) is 0 Å². The van der Waals surface area contributed by atoms with Crippen molar-refractivity contribution >= 4 is 5.76 Å². The number of hydrogen-bond acceptors (Lipinski definition) is 1. The number of allylic oxidation sites excluding steroid dienone is 3. The van der Waals surface area contributed by atoms with Crippen LogP contribution in [0.2, 0.25) is 0 Å². The van der Waals surface area contributed by atoms with Gasteiger partial charge in [-0.15, -0.1) is 0 Å². The lowest BCUT2D eigenvalue weighted by atomic mass is 9.87. The van der Waals surface area contributed by atoms with Crippen LogP contribution < -0.4 is 0 Å². The van der Waals surface area contributed by atoms with Gasteiger partial charge in [0.05, 0.1) is 0 Å². The van der Waals surface area contributed by atoms with Gasteiger partial charge in [-0.3, -0.25) is 0 Å². The molecule has 3 rings (SSSR count). The lowest BCUT2D eigenvalue weighted by Gasteiger charge is -2.31. The normalized spacial score (nSPS) is 26.1. The van der Waals surface area contributed by atoms with E-state index < -0.39 is 0 Å². The Bertz CT molecular complexity index is 520. The number of rotatable bonds is 1. The van der Waals surface area contributed by atoms with Gasteiger partial charge in [0.2, 0.25) is 0 Å². The lowest BCUT2D eigenvalue weighted by molar-refractivity contribution is 0.173. The van der Waals surface area contributed by atoms with Crippen molar-refractivity contribution in [1.82, 2.24) is 0 Å². The molecule has 1 nitrogen and oxygen atoms in total. The average molecular weight is 222 g/mol. The minimum Gasteiger partial charge on any atom is -0.485 e. The fraction of sp³-hybridized carbons (Fsp3) is 0.125. The van der Waals surface area contributed by atoms with E-state index in [0.29, 0.717) is 0 Å². The second-order valence-corrected chi connectivity index (χ2v) is 4.33. The van der Waals surface area contributed by atoms with E-state index in [9.17, 15) is 0 Å². The first kappa shape index (κ1) is 10.2. The molecule has 0 bridgehead atoms. The van der Waals surface area contributed by atoms with Crippen LogP contribution in [0.5, 0.6) is 0 Å². The molecule has 0 saturated carbocycles. The molecular weight excluding hydrogens is 208 g/mol. The molecule has 1 aliphatic heterocycles. The molecule has 84 valence electrons. The Kier molecular flexibility index (Phi) is 2.45. The molecule has 2 unspecified atom stereocenters. The third-order valence-corrected chi connectivity index (χ3v) is 3.15. The zero-order valence-electron chi connectivity index (χ0n) is 9.54. The van der Waals surface area contributed by atoms with Crippen molar-refractivity contribution in [2.75, 3.05) is 0 Å². The fourth-order valence-electron chi connectivity index (χ4n) is 2.23. The fourth-order valence-corrected chi connectivity index (χ4v) is 2.23. The highest BCUT2D eigenvalue weighted by Gasteiger charge is 2.27. The molecule has 2 aliphatic rings. The molecule has 0 spiro atoms. The Morgan fingerprint density at radius 3 is 2.59 bits per heavy atom. The van der Waals surface area contributed by atoms with Gasteiger partial charge in [-0.25, -0.2) is 0 Å². The van der Waals surface area contributed by atoms with Crippen molar-refractivity contribution in [1.29, 1.82) is 0 Å². The highest BCUT2D eigenvalue weighted by atomic mass is 16.5. The molecule has 0 fully saturated rings. The highest BCUT2D eigenvalue weighted by Crippen LogP contribution is 2.34. The van der Waals surface area contributed by atoms with Crippen molar-refractivity contribution < 1.29 is 4.74 Å². The van der Waals surface area contributed by atoms with E-state index in [1.165, 1.54) is 0 Å². The van der Waals surface area contributed by atoms with Crippen molar-refractivity contribution in [3.8, 4) is 0 Å². The van der Waals surface area contributed by atoms with Gasteiger partial charge in [-0.2, -0.15) is 0 Å². The van der Waals surface area contributed by atoms with Crippen LogP contribution >= 0.6 is 0 Å². The quantitative estimate of drug-likeness (QED) is 0.703. The third-order valence-electron chi connectivity index (χ3n) is 3.15. The third kappa shape index (κ3) is 1.84. The molecule has 1 aromatic rings. The summed E-state index contributed by atoms with van der Waals surface area (Å²) >= 11 is 0. The standard InChI is InChI=1S/C16H14O/c1-12-11-16(13-7-3-2-4-8-13)17-15-10-6-5-9-14(12)15/h2-11,14-15H,1H2. The first-order chi connectivity index (χ1) is 8.34. The highest BCUT2D eigenvalue weighted by molar-refractivity contribution is 5.65. The largest absolute Gasteiger partial charge is 0.485 e. The van der Waals surface area contributed by atoms with Crippen LogP contribution in [0.1, 0.15) is 5.56 Å². The summed E-state index contributed by atoms with van der Waals surface area (Å²) in [5.74, 6) is 1.20. The molecule has 2 atom stereocenters. The molecule has 0 radical (unpaired) electrons. The van der Waals surface area contributed by atoms with Crippen molar-refractivity contribution in [3.63, 3.8) is 0 Å². The predicted molar refractivity (Wildman–Crippen MR) is 70.2 cm³/mol. The minimum absolute atomic E-state index is 0.0905. The second kappa shape index (κ2) is 4.10. The van der Waals surface area contributed by atoms with Gasteiger partial charge in [0.25, 0.3) is 0 Å². The molecule has 0 amide bonds. The monoisotopic (exact) mass is 222 g/mol. The Morgan fingerprint density at radius 2 is 1.76 bits per heavy atom. The zero-order chi connectivity index (χ0) is 11.7. The molecule has 1 aliphatic carbocycles. The van der Waals surface area contributed by atoms with Crippen molar-refractivity contribution in [3.05, 3.63) is 78.4 Å². The average Bonchev–Trinajstić information content (AvgIpc) is 2.40.